The van der Waals surface area contributed by atoms with Crippen LogP contribution in [0.5, 0.6) is 5.75 Å². The van der Waals surface area contributed by atoms with Gasteiger partial charge in [-0.25, -0.2) is 4.98 Å². The van der Waals surface area contributed by atoms with Gasteiger partial charge in [0.25, 0.3) is 11.8 Å². The summed E-state index contributed by atoms with van der Waals surface area (Å²) in [7, 11) is 3.83. The Bertz CT molecular complexity index is 789. The average Bonchev–Trinajstić information content (AvgIpc) is 2.59. The van der Waals surface area contributed by atoms with E-state index in [1.165, 1.54) is 0 Å². The second-order valence-electron chi connectivity index (χ2n) is 5.65. The number of carbonyl (C=O) groups excluding carboxylic acids is 2. The van der Waals surface area contributed by atoms with Gasteiger partial charge in [0.15, 0.2) is 6.61 Å². The number of pyridine rings is 1. The number of rotatable bonds is 4. The van der Waals surface area contributed by atoms with Crippen LogP contribution in [0.2, 0.25) is 0 Å². The maximum atomic E-state index is 12.3. The van der Waals surface area contributed by atoms with Crippen molar-refractivity contribution in [2.45, 2.75) is 6.54 Å². The van der Waals surface area contributed by atoms with Crippen molar-refractivity contribution in [1.29, 1.82) is 0 Å². The summed E-state index contributed by atoms with van der Waals surface area (Å²) in [5, 5.41) is 5.56. The van der Waals surface area contributed by atoms with Crippen molar-refractivity contribution in [3.05, 3.63) is 47.7 Å². The Morgan fingerprint density at radius 1 is 1.33 bits per heavy atom. The van der Waals surface area contributed by atoms with Crippen LogP contribution in [0.3, 0.4) is 0 Å². The minimum Gasteiger partial charge on any atom is -0.482 e. The van der Waals surface area contributed by atoms with Crippen LogP contribution in [0.1, 0.15) is 15.9 Å². The van der Waals surface area contributed by atoms with Gasteiger partial charge in [-0.3, -0.25) is 9.59 Å². The molecule has 7 nitrogen and oxygen atoms in total. The van der Waals surface area contributed by atoms with E-state index in [1.807, 2.05) is 31.1 Å². The number of fused-ring (bicyclic) bond motifs is 1. The molecule has 2 aromatic rings. The molecule has 0 spiro atoms. The Kier molecular flexibility index (Phi) is 4.33. The van der Waals surface area contributed by atoms with Crippen molar-refractivity contribution in [3.63, 3.8) is 0 Å². The lowest BCUT2D eigenvalue weighted by Crippen LogP contribution is -2.26. The fourth-order valence-electron chi connectivity index (χ4n) is 2.32. The number of anilines is 2. The maximum Gasteiger partial charge on any atom is 0.262 e. The first-order chi connectivity index (χ1) is 11.5. The molecule has 0 unspecified atom stereocenters. The highest BCUT2D eigenvalue weighted by molar-refractivity contribution is 5.98. The van der Waals surface area contributed by atoms with E-state index >= 15 is 0 Å². The van der Waals surface area contributed by atoms with E-state index in [2.05, 4.69) is 15.6 Å². The SMILES string of the molecule is CN(C)c1cc(CNC(=O)c2ccc3c(c2)OCC(=O)N3)ccn1. The highest BCUT2D eigenvalue weighted by Crippen LogP contribution is 2.28. The van der Waals surface area contributed by atoms with Crippen LogP contribution in [-0.2, 0) is 11.3 Å². The highest BCUT2D eigenvalue weighted by Gasteiger charge is 2.17. The molecule has 124 valence electrons. The number of hydrogen-bond acceptors (Lipinski definition) is 5. The second kappa shape index (κ2) is 6.57. The number of carbonyl (C=O) groups is 2. The summed E-state index contributed by atoms with van der Waals surface area (Å²) >= 11 is 0. The van der Waals surface area contributed by atoms with Gasteiger partial charge in [-0.1, -0.05) is 0 Å². The predicted octanol–water partition coefficient (Wildman–Crippen LogP) is 1.41. The number of ether oxygens (including phenoxy) is 1. The molecule has 2 heterocycles. The van der Waals surface area contributed by atoms with Crippen molar-refractivity contribution < 1.29 is 14.3 Å². The monoisotopic (exact) mass is 326 g/mol. The molecule has 0 atom stereocenters. The van der Waals surface area contributed by atoms with E-state index in [0.717, 1.165) is 11.4 Å². The first kappa shape index (κ1) is 15.8. The lowest BCUT2D eigenvalue weighted by atomic mass is 10.1. The zero-order valence-corrected chi connectivity index (χ0v) is 13.5. The summed E-state index contributed by atoms with van der Waals surface area (Å²) in [6.45, 7) is 0.360. The normalized spacial score (nSPS) is 12.7. The molecule has 0 bridgehead atoms. The molecule has 0 saturated heterocycles. The van der Waals surface area contributed by atoms with E-state index in [4.69, 9.17) is 4.74 Å². The molecule has 0 fully saturated rings. The molecule has 7 heteroatoms. The molecule has 0 aliphatic carbocycles. The largest absolute Gasteiger partial charge is 0.482 e. The zero-order chi connectivity index (χ0) is 17.1. The minimum absolute atomic E-state index is 0.0393. The molecule has 1 aromatic carbocycles. The smallest absolute Gasteiger partial charge is 0.262 e. The summed E-state index contributed by atoms with van der Waals surface area (Å²) in [5.74, 6) is 0.927. The van der Waals surface area contributed by atoms with Crippen LogP contribution >= 0.6 is 0 Å². The lowest BCUT2D eigenvalue weighted by molar-refractivity contribution is -0.118. The van der Waals surface area contributed by atoms with E-state index < -0.39 is 0 Å². The summed E-state index contributed by atoms with van der Waals surface area (Å²) in [6, 6.07) is 8.73. The molecule has 3 rings (SSSR count). The number of nitrogens with zero attached hydrogens (tertiary/aromatic N) is 2. The van der Waals surface area contributed by atoms with E-state index in [0.29, 0.717) is 23.5 Å². The van der Waals surface area contributed by atoms with Crippen molar-refractivity contribution in [2.75, 3.05) is 30.9 Å². The molecule has 1 aliphatic heterocycles. The van der Waals surface area contributed by atoms with Crippen LogP contribution in [0.25, 0.3) is 0 Å². The fourth-order valence-corrected chi connectivity index (χ4v) is 2.32. The quantitative estimate of drug-likeness (QED) is 0.887. The van der Waals surface area contributed by atoms with Gasteiger partial charge in [-0.05, 0) is 35.9 Å². The summed E-state index contributed by atoms with van der Waals surface area (Å²) in [6.07, 6.45) is 1.71. The van der Waals surface area contributed by atoms with Gasteiger partial charge in [0.2, 0.25) is 0 Å². The molecule has 1 aliphatic rings. The van der Waals surface area contributed by atoms with Crippen LogP contribution in [-0.4, -0.2) is 37.5 Å². The standard InChI is InChI=1S/C17H18N4O3/c1-21(2)15-7-11(5-6-18-15)9-19-17(23)12-3-4-13-14(8-12)24-10-16(22)20-13/h3-8H,9-10H2,1-2H3,(H,19,23)(H,20,22). The van der Waals surface area contributed by atoms with Gasteiger partial charge in [0.05, 0.1) is 5.69 Å². The lowest BCUT2D eigenvalue weighted by Gasteiger charge is -2.18. The Balaban J connectivity index is 1.67. The van der Waals surface area contributed by atoms with Crippen LogP contribution in [0, 0.1) is 0 Å². The third-order valence-corrected chi connectivity index (χ3v) is 3.60. The predicted molar refractivity (Wildman–Crippen MR) is 90.3 cm³/mol. The number of benzene rings is 1. The van der Waals surface area contributed by atoms with E-state index in [1.54, 1.807) is 24.4 Å². The Hall–Kier alpha value is -3.09. The van der Waals surface area contributed by atoms with Crippen molar-refractivity contribution in [1.82, 2.24) is 10.3 Å². The number of aromatic nitrogens is 1. The van der Waals surface area contributed by atoms with Crippen LogP contribution in [0.4, 0.5) is 11.5 Å². The molecular weight excluding hydrogens is 308 g/mol. The van der Waals surface area contributed by atoms with Gasteiger partial charge in [0, 0.05) is 32.4 Å². The Morgan fingerprint density at radius 3 is 2.96 bits per heavy atom. The second-order valence-corrected chi connectivity index (χ2v) is 5.65. The van der Waals surface area contributed by atoms with E-state index in [-0.39, 0.29) is 18.4 Å². The van der Waals surface area contributed by atoms with Crippen LogP contribution in [0.15, 0.2) is 36.5 Å². The first-order valence-corrected chi connectivity index (χ1v) is 7.50. The molecule has 24 heavy (non-hydrogen) atoms. The van der Waals surface area contributed by atoms with Crippen molar-refractivity contribution >= 4 is 23.3 Å². The maximum absolute atomic E-state index is 12.3. The van der Waals surface area contributed by atoms with Crippen molar-refractivity contribution in [3.8, 4) is 5.75 Å². The average molecular weight is 326 g/mol. The van der Waals surface area contributed by atoms with Gasteiger partial charge in [0.1, 0.15) is 11.6 Å². The molecule has 1 aromatic heterocycles. The third-order valence-electron chi connectivity index (χ3n) is 3.60. The third kappa shape index (κ3) is 3.45. The number of amides is 2. The molecule has 2 amide bonds. The highest BCUT2D eigenvalue weighted by atomic mass is 16.5. The molecule has 2 N–H and O–H groups in total. The van der Waals surface area contributed by atoms with Crippen LogP contribution < -0.4 is 20.3 Å². The molecular formula is C17H18N4O3. The Morgan fingerprint density at radius 2 is 2.17 bits per heavy atom. The van der Waals surface area contributed by atoms with Gasteiger partial charge in [-0.2, -0.15) is 0 Å². The van der Waals surface area contributed by atoms with E-state index in [9.17, 15) is 9.59 Å². The number of hydrogen-bond donors (Lipinski definition) is 2. The summed E-state index contributed by atoms with van der Waals surface area (Å²) < 4.78 is 5.33. The number of nitrogens with one attached hydrogen (secondary N) is 2. The van der Waals surface area contributed by atoms with Crippen molar-refractivity contribution in [2.24, 2.45) is 0 Å². The van der Waals surface area contributed by atoms with Gasteiger partial charge >= 0.3 is 0 Å². The minimum atomic E-state index is -0.207. The van der Waals surface area contributed by atoms with Gasteiger partial charge in [-0.15, -0.1) is 0 Å². The summed E-state index contributed by atoms with van der Waals surface area (Å²) in [4.78, 5) is 29.7. The van der Waals surface area contributed by atoms with Gasteiger partial charge < -0.3 is 20.3 Å². The molecule has 0 saturated carbocycles. The Labute approximate surface area is 139 Å². The zero-order valence-electron chi connectivity index (χ0n) is 13.5. The molecule has 0 radical (unpaired) electrons. The summed E-state index contributed by atoms with van der Waals surface area (Å²) in [5.41, 5.74) is 2.02. The topological polar surface area (TPSA) is 83.6 Å². The first-order valence-electron chi connectivity index (χ1n) is 7.50. The fraction of sp³-hybridized carbons (Fsp3) is 0.235.